The lowest BCUT2D eigenvalue weighted by Gasteiger charge is -2.34. The van der Waals surface area contributed by atoms with Crippen molar-refractivity contribution in [1.29, 1.82) is 0 Å². The minimum absolute atomic E-state index is 0.910. The van der Waals surface area contributed by atoms with Gasteiger partial charge in [-0.1, -0.05) is 12.8 Å². The van der Waals surface area contributed by atoms with Gasteiger partial charge < -0.3 is 14.5 Å². The summed E-state index contributed by atoms with van der Waals surface area (Å²) in [4.78, 5) is 5.36. The molecule has 0 amide bonds. The molecule has 0 aromatic carbocycles. The molecule has 2 heterocycles. The van der Waals surface area contributed by atoms with Crippen molar-refractivity contribution in [3.8, 4) is 0 Å². The quantitative estimate of drug-likeness (QED) is 0.689. The zero-order valence-electron chi connectivity index (χ0n) is 12.8. The molecule has 0 spiro atoms. The lowest BCUT2D eigenvalue weighted by Crippen LogP contribution is -2.39. The van der Waals surface area contributed by atoms with Crippen LogP contribution in [-0.2, 0) is 4.74 Å². The van der Waals surface area contributed by atoms with E-state index in [1.54, 1.807) is 7.11 Å². The van der Waals surface area contributed by atoms with Crippen molar-refractivity contribution in [3.63, 3.8) is 0 Å². The molecule has 2 rings (SSSR count). The molecule has 2 aliphatic rings. The van der Waals surface area contributed by atoms with Gasteiger partial charge in [0.25, 0.3) is 0 Å². The Balaban J connectivity index is 1.59. The third kappa shape index (κ3) is 5.80. The summed E-state index contributed by atoms with van der Waals surface area (Å²) in [6.07, 6.45) is 9.76. The second kappa shape index (κ2) is 8.93. The molecule has 2 saturated heterocycles. The first-order chi connectivity index (χ1) is 9.38. The van der Waals surface area contributed by atoms with Crippen LogP contribution in [0.15, 0.2) is 0 Å². The second-order valence-corrected chi connectivity index (χ2v) is 6.35. The van der Waals surface area contributed by atoms with E-state index in [-0.39, 0.29) is 0 Å². The molecule has 0 unspecified atom stereocenters. The number of methoxy groups -OCH3 is 1. The third-order valence-electron chi connectivity index (χ3n) is 4.75. The van der Waals surface area contributed by atoms with Crippen LogP contribution in [0.1, 0.15) is 44.9 Å². The van der Waals surface area contributed by atoms with Crippen LogP contribution in [0.5, 0.6) is 0 Å². The molecule has 0 aliphatic carbocycles. The summed E-state index contributed by atoms with van der Waals surface area (Å²) in [6, 6.07) is 0. The van der Waals surface area contributed by atoms with Gasteiger partial charge in [-0.15, -0.1) is 0 Å². The third-order valence-corrected chi connectivity index (χ3v) is 4.75. The highest BCUT2D eigenvalue weighted by Crippen LogP contribution is 2.20. The lowest BCUT2D eigenvalue weighted by molar-refractivity contribution is 0.128. The molecule has 3 heteroatoms. The van der Waals surface area contributed by atoms with Gasteiger partial charge in [-0.2, -0.15) is 0 Å². The van der Waals surface area contributed by atoms with Crippen LogP contribution in [0, 0.1) is 5.92 Å². The van der Waals surface area contributed by atoms with Gasteiger partial charge >= 0.3 is 0 Å². The molecule has 19 heavy (non-hydrogen) atoms. The normalized spacial score (nSPS) is 24.5. The number of rotatable bonds is 6. The Hall–Kier alpha value is -0.120. The number of hydrogen-bond donors (Lipinski definition) is 0. The maximum atomic E-state index is 5.13. The summed E-state index contributed by atoms with van der Waals surface area (Å²) in [5.74, 6) is 0.955. The van der Waals surface area contributed by atoms with E-state index < -0.39 is 0 Å². The fourth-order valence-electron chi connectivity index (χ4n) is 3.51. The Kier molecular flexibility index (Phi) is 7.18. The topological polar surface area (TPSA) is 15.7 Å². The maximum absolute atomic E-state index is 5.13. The van der Waals surface area contributed by atoms with Crippen LogP contribution in [0.2, 0.25) is 0 Å². The van der Waals surface area contributed by atoms with Crippen LogP contribution >= 0.6 is 0 Å². The van der Waals surface area contributed by atoms with Gasteiger partial charge in [0.05, 0.1) is 0 Å². The van der Waals surface area contributed by atoms with E-state index in [1.807, 2.05) is 0 Å². The smallest absolute Gasteiger partial charge is 0.0474 e. The Bertz CT molecular complexity index is 219. The first-order valence-corrected chi connectivity index (χ1v) is 8.32. The summed E-state index contributed by atoms with van der Waals surface area (Å²) in [5.41, 5.74) is 0. The van der Waals surface area contributed by atoms with E-state index in [9.17, 15) is 0 Å². The fourth-order valence-corrected chi connectivity index (χ4v) is 3.51. The number of ether oxygens (including phenoxy) is 1. The largest absolute Gasteiger partial charge is 0.385 e. The van der Waals surface area contributed by atoms with Crippen LogP contribution < -0.4 is 0 Å². The van der Waals surface area contributed by atoms with Crippen LogP contribution in [0.3, 0.4) is 0 Å². The summed E-state index contributed by atoms with van der Waals surface area (Å²) in [6.45, 7) is 8.83. The SMILES string of the molecule is COCCCN1CCC(CN2CCCCCC2)CC1. The average Bonchev–Trinajstić information content (AvgIpc) is 2.70. The molecule has 0 aromatic rings. The highest BCUT2D eigenvalue weighted by Gasteiger charge is 2.21. The van der Waals surface area contributed by atoms with E-state index >= 15 is 0 Å². The second-order valence-electron chi connectivity index (χ2n) is 6.35. The number of nitrogens with zero attached hydrogens (tertiary/aromatic N) is 2. The Labute approximate surface area is 119 Å². The molecular weight excluding hydrogens is 236 g/mol. The summed E-state index contributed by atoms with van der Waals surface area (Å²) >= 11 is 0. The minimum Gasteiger partial charge on any atom is -0.385 e. The predicted octanol–water partition coefficient (Wildman–Crippen LogP) is 2.61. The Morgan fingerprint density at radius 2 is 1.58 bits per heavy atom. The standard InChI is InChI=1S/C16H32N2O/c1-19-14-6-11-17-12-7-16(8-13-17)15-18-9-4-2-3-5-10-18/h16H,2-15H2,1H3. The number of hydrogen-bond acceptors (Lipinski definition) is 3. The minimum atomic E-state index is 0.910. The van der Waals surface area contributed by atoms with Crippen molar-refractivity contribution in [2.24, 2.45) is 5.92 Å². The molecule has 0 radical (unpaired) electrons. The van der Waals surface area contributed by atoms with Gasteiger partial charge in [-0.3, -0.25) is 0 Å². The average molecular weight is 268 g/mol. The van der Waals surface area contributed by atoms with E-state index in [0.29, 0.717) is 0 Å². The van der Waals surface area contributed by atoms with Gasteiger partial charge in [-0.05, 0) is 64.2 Å². The molecule has 0 bridgehead atoms. The van der Waals surface area contributed by atoms with Gasteiger partial charge in [0.1, 0.15) is 0 Å². The molecule has 0 saturated carbocycles. The maximum Gasteiger partial charge on any atom is 0.0474 e. The number of piperidine rings is 1. The zero-order valence-corrected chi connectivity index (χ0v) is 12.8. The van der Waals surface area contributed by atoms with Gasteiger partial charge in [0, 0.05) is 26.8 Å². The van der Waals surface area contributed by atoms with E-state index in [2.05, 4.69) is 9.80 Å². The van der Waals surface area contributed by atoms with Crippen LogP contribution in [-0.4, -0.2) is 62.8 Å². The lowest BCUT2D eigenvalue weighted by atomic mass is 9.96. The Morgan fingerprint density at radius 3 is 2.21 bits per heavy atom. The van der Waals surface area contributed by atoms with Gasteiger partial charge in [0.2, 0.25) is 0 Å². The van der Waals surface area contributed by atoms with Crippen LogP contribution in [0.25, 0.3) is 0 Å². The first kappa shape index (κ1) is 15.3. The van der Waals surface area contributed by atoms with Gasteiger partial charge in [-0.25, -0.2) is 0 Å². The van der Waals surface area contributed by atoms with Crippen molar-refractivity contribution in [1.82, 2.24) is 9.80 Å². The molecule has 0 aromatic heterocycles. The molecule has 2 aliphatic heterocycles. The van der Waals surface area contributed by atoms with E-state index in [1.165, 1.54) is 84.2 Å². The van der Waals surface area contributed by atoms with E-state index in [0.717, 1.165) is 12.5 Å². The molecule has 2 fully saturated rings. The molecule has 3 nitrogen and oxygen atoms in total. The van der Waals surface area contributed by atoms with Gasteiger partial charge in [0.15, 0.2) is 0 Å². The molecular formula is C16H32N2O. The highest BCUT2D eigenvalue weighted by atomic mass is 16.5. The number of likely N-dealkylation sites (tertiary alicyclic amines) is 2. The van der Waals surface area contributed by atoms with Crippen LogP contribution in [0.4, 0.5) is 0 Å². The Morgan fingerprint density at radius 1 is 0.895 bits per heavy atom. The summed E-state index contributed by atoms with van der Waals surface area (Å²) < 4.78 is 5.13. The zero-order chi connectivity index (χ0) is 13.3. The van der Waals surface area contributed by atoms with Crippen molar-refractivity contribution >= 4 is 0 Å². The van der Waals surface area contributed by atoms with Crippen molar-refractivity contribution in [3.05, 3.63) is 0 Å². The molecule has 0 N–H and O–H groups in total. The molecule has 112 valence electrons. The highest BCUT2D eigenvalue weighted by molar-refractivity contribution is 4.76. The van der Waals surface area contributed by atoms with Crippen molar-refractivity contribution in [2.45, 2.75) is 44.9 Å². The fraction of sp³-hybridized carbons (Fsp3) is 1.00. The monoisotopic (exact) mass is 268 g/mol. The first-order valence-electron chi connectivity index (χ1n) is 8.32. The predicted molar refractivity (Wildman–Crippen MR) is 80.6 cm³/mol. The van der Waals surface area contributed by atoms with E-state index in [4.69, 9.17) is 4.74 Å². The van der Waals surface area contributed by atoms with Crippen molar-refractivity contribution in [2.75, 3.05) is 53.0 Å². The molecule has 0 atom stereocenters. The van der Waals surface area contributed by atoms with Crippen molar-refractivity contribution < 1.29 is 4.74 Å². The summed E-state index contributed by atoms with van der Waals surface area (Å²) in [7, 11) is 1.80. The summed E-state index contributed by atoms with van der Waals surface area (Å²) in [5, 5.41) is 0.